The maximum absolute atomic E-state index is 11.7. The minimum absolute atomic E-state index is 0.174. The summed E-state index contributed by atoms with van der Waals surface area (Å²) in [6.07, 6.45) is 0. The maximum atomic E-state index is 11.7. The Bertz CT molecular complexity index is 1370. The molecule has 0 aliphatic rings. The van der Waals surface area contributed by atoms with Gasteiger partial charge in [0.15, 0.2) is 23.0 Å². The predicted octanol–water partition coefficient (Wildman–Crippen LogP) is 3.34. The second-order valence-corrected chi connectivity index (χ2v) is 7.88. The fraction of sp³-hybridized carbons (Fsp3) is 0. The van der Waals surface area contributed by atoms with Crippen LogP contribution in [-0.4, -0.2) is 43.1 Å². The van der Waals surface area contributed by atoms with Crippen LogP contribution in [0.25, 0.3) is 0 Å². The second-order valence-electron chi connectivity index (χ2n) is 7.44. The molecule has 4 rings (SSSR count). The number of nitrogens with one attached hydrogen (secondary N) is 3. The Morgan fingerprint density at radius 2 is 0.865 bits per heavy atom. The largest absolute Gasteiger partial charge is 0.561 e. The Hall–Kier alpha value is -4.79. The van der Waals surface area contributed by atoms with Crippen LogP contribution in [0.3, 0.4) is 0 Å². The third kappa shape index (κ3) is 6.66. The number of rotatable bonds is 9. The summed E-state index contributed by atoms with van der Waals surface area (Å²) in [4.78, 5) is 47.3. The van der Waals surface area contributed by atoms with E-state index in [1.807, 2.05) is 0 Å². The number of nitrogens with zero attached hydrogens (tertiary/aromatic N) is 3. The van der Waals surface area contributed by atoms with Gasteiger partial charge in [-0.15, -0.1) is 0 Å². The van der Waals surface area contributed by atoms with Crippen LogP contribution in [-0.2, 0) is 3.07 Å². The summed E-state index contributed by atoms with van der Waals surface area (Å²) in [5.74, 6) is -1.52. The summed E-state index contributed by atoms with van der Waals surface area (Å²) >= 11 is 1.52. The summed E-state index contributed by atoms with van der Waals surface area (Å²) in [5, 5.41) is 23.5. The number of carbonyl (C=O) groups is 3. The molecule has 0 fully saturated rings. The lowest BCUT2D eigenvalue weighted by molar-refractivity contribution is 0.0686. The third-order valence-electron chi connectivity index (χ3n) is 4.89. The van der Waals surface area contributed by atoms with Crippen LogP contribution in [0.5, 0.6) is 0 Å². The van der Waals surface area contributed by atoms with Crippen molar-refractivity contribution in [3.63, 3.8) is 0 Å². The SMILES string of the molecule is O=C([OH2+])c1ccc(Nc2nc(Nc3ccc(C(=O)[OH2+])cc3)nc(Nc3ccc(C(=O)OI)cc3)n2)cc1. The summed E-state index contributed by atoms with van der Waals surface area (Å²) in [6, 6.07) is 19.0. The fourth-order valence-electron chi connectivity index (χ4n) is 3.07. The number of benzene rings is 3. The number of carbonyl (C=O) groups excluding carboxylic acids is 3. The number of halogens is 1. The molecular formula is C24H19IN6O6+2. The van der Waals surface area contributed by atoms with Crippen molar-refractivity contribution in [3.05, 3.63) is 89.5 Å². The highest BCUT2D eigenvalue weighted by molar-refractivity contribution is 14.1. The van der Waals surface area contributed by atoms with Crippen LogP contribution < -0.4 is 16.0 Å². The van der Waals surface area contributed by atoms with Gasteiger partial charge in [0.05, 0.1) is 5.56 Å². The number of hydrogen-bond acceptors (Lipinski definition) is 10. The molecule has 7 N–H and O–H groups in total. The molecule has 186 valence electrons. The number of aromatic nitrogens is 3. The van der Waals surface area contributed by atoms with Gasteiger partial charge >= 0.3 is 17.9 Å². The van der Waals surface area contributed by atoms with E-state index < -0.39 is 17.9 Å². The van der Waals surface area contributed by atoms with E-state index in [2.05, 4.69) is 34.0 Å². The molecule has 37 heavy (non-hydrogen) atoms. The third-order valence-corrected chi connectivity index (χ3v) is 5.29. The van der Waals surface area contributed by atoms with Gasteiger partial charge in [0, 0.05) is 26.7 Å². The summed E-state index contributed by atoms with van der Waals surface area (Å²) in [7, 11) is 0. The van der Waals surface area contributed by atoms with E-state index in [0.717, 1.165) is 0 Å². The first kappa shape index (κ1) is 25.3. The Kier molecular flexibility index (Phi) is 7.73. The Morgan fingerprint density at radius 3 is 1.14 bits per heavy atom. The molecule has 0 atom stereocenters. The van der Waals surface area contributed by atoms with Crippen LogP contribution in [0.2, 0.25) is 0 Å². The van der Waals surface area contributed by atoms with E-state index in [-0.39, 0.29) is 29.0 Å². The lowest BCUT2D eigenvalue weighted by Crippen LogP contribution is -2.08. The standard InChI is InChI=1S/C24H17IN6O6/c25-37-21(36)15-5-11-18(12-6-15)28-24-30-22(26-16-7-1-13(2-8-16)19(32)33)29-23(31-24)27-17-9-3-14(4-10-17)20(34)35/h1-12H,(H,32,33)(H,34,35)(H3,26,27,28,29,30,31)/p+2. The normalized spacial score (nSPS) is 10.3. The van der Waals surface area contributed by atoms with E-state index in [4.69, 9.17) is 10.2 Å². The molecule has 12 nitrogen and oxygen atoms in total. The Balaban J connectivity index is 1.62. The van der Waals surface area contributed by atoms with Gasteiger partial charge < -0.3 is 29.2 Å². The average molecular weight is 614 g/mol. The first-order chi connectivity index (χ1) is 17.8. The minimum Gasteiger partial charge on any atom is -0.561 e. The second kappa shape index (κ2) is 11.3. The molecule has 0 saturated carbocycles. The van der Waals surface area contributed by atoms with Gasteiger partial charge in [-0.1, -0.05) is 0 Å². The number of anilines is 6. The van der Waals surface area contributed by atoms with Crippen molar-refractivity contribution in [1.82, 2.24) is 15.0 Å². The summed E-state index contributed by atoms with van der Waals surface area (Å²) in [6.45, 7) is 0. The molecule has 0 saturated heterocycles. The summed E-state index contributed by atoms with van der Waals surface area (Å²) < 4.78 is 4.68. The number of hydrogen-bond donors (Lipinski definition) is 3. The van der Waals surface area contributed by atoms with Gasteiger partial charge in [0.1, 0.15) is 11.1 Å². The van der Waals surface area contributed by atoms with Crippen molar-refractivity contribution in [1.29, 1.82) is 0 Å². The highest BCUT2D eigenvalue weighted by atomic mass is 127. The Labute approximate surface area is 223 Å². The quantitative estimate of drug-likeness (QED) is 0.187. The topological polar surface area (TPSA) is 181 Å². The van der Waals surface area contributed by atoms with E-state index in [0.29, 0.717) is 22.6 Å². The molecule has 0 bridgehead atoms. The molecule has 1 heterocycles. The molecule has 3 aromatic carbocycles. The van der Waals surface area contributed by atoms with Crippen molar-refractivity contribution < 1.29 is 27.7 Å². The van der Waals surface area contributed by atoms with Gasteiger partial charge in [0.25, 0.3) is 0 Å². The maximum Gasteiger partial charge on any atom is 0.549 e. The lowest BCUT2D eigenvalue weighted by Gasteiger charge is -2.12. The molecular weight excluding hydrogens is 595 g/mol. The van der Waals surface area contributed by atoms with E-state index >= 15 is 0 Å². The zero-order valence-electron chi connectivity index (χ0n) is 18.8. The molecule has 0 aliphatic heterocycles. The predicted molar refractivity (Wildman–Crippen MR) is 144 cm³/mol. The first-order valence-electron chi connectivity index (χ1n) is 10.5. The molecule has 0 radical (unpaired) electrons. The molecule has 13 heteroatoms. The van der Waals surface area contributed by atoms with Crippen LogP contribution >= 0.6 is 23.0 Å². The van der Waals surface area contributed by atoms with Gasteiger partial charge in [0.2, 0.25) is 17.8 Å². The van der Waals surface area contributed by atoms with Crippen molar-refractivity contribution in [2.24, 2.45) is 0 Å². The molecule has 4 aromatic rings. The minimum atomic E-state index is -0.791. The average Bonchev–Trinajstić information content (AvgIpc) is 2.89. The lowest BCUT2D eigenvalue weighted by atomic mass is 10.2. The molecule has 0 amide bonds. The van der Waals surface area contributed by atoms with Crippen molar-refractivity contribution in [2.45, 2.75) is 0 Å². The fourth-order valence-corrected chi connectivity index (χ4v) is 3.33. The van der Waals surface area contributed by atoms with Crippen molar-refractivity contribution in [2.75, 3.05) is 16.0 Å². The smallest absolute Gasteiger partial charge is 0.549 e. The van der Waals surface area contributed by atoms with Gasteiger partial charge in [-0.3, -0.25) is 0 Å². The molecule has 0 aliphatic carbocycles. The summed E-state index contributed by atoms with van der Waals surface area (Å²) in [5.41, 5.74) is 2.63. The van der Waals surface area contributed by atoms with E-state index in [1.54, 1.807) is 48.5 Å². The zero-order chi connectivity index (χ0) is 26.4. The van der Waals surface area contributed by atoms with E-state index in [9.17, 15) is 14.4 Å². The molecule has 1 aromatic heterocycles. The van der Waals surface area contributed by atoms with Crippen LogP contribution in [0, 0.1) is 0 Å². The molecule has 0 spiro atoms. The Morgan fingerprint density at radius 1 is 0.568 bits per heavy atom. The highest BCUT2D eigenvalue weighted by Gasteiger charge is 2.13. The van der Waals surface area contributed by atoms with Crippen molar-refractivity contribution >= 4 is 75.8 Å². The van der Waals surface area contributed by atoms with Crippen LogP contribution in [0.15, 0.2) is 72.8 Å². The van der Waals surface area contributed by atoms with E-state index in [1.165, 1.54) is 47.3 Å². The van der Waals surface area contributed by atoms with Crippen LogP contribution in [0.4, 0.5) is 34.9 Å². The highest BCUT2D eigenvalue weighted by Crippen LogP contribution is 2.22. The van der Waals surface area contributed by atoms with Gasteiger partial charge in [-0.25, -0.2) is 4.79 Å². The monoisotopic (exact) mass is 614 g/mol. The van der Waals surface area contributed by atoms with Gasteiger partial charge in [-0.05, 0) is 72.8 Å². The van der Waals surface area contributed by atoms with Crippen LogP contribution in [0.1, 0.15) is 31.1 Å². The van der Waals surface area contributed by atoms with Gasteiger partial charge in [-0.2, -0.15) is 15.0 Å². The van der Waals surface area contributed by atoms with Crippen molar-refractivity contribution in [3.8, 4) is 0 Å². The zero-order valence-corrected chi connectivity index (χ0v) is 20.9. The molecule has 0 unspecified atom stereocenters. The first-order valence-corrected chi connectivity index (χ1v) is 11.4.